The Labute approximate surface area is 120 Å². The fourth-order valence-corrected chi connectivity index (χ4v) is 1.66. The number of aromatic nitrogens is 1. The number of rotatable bonds is 5. The predicted molar refractivity (Wildman–Crippen MR) is 71.6 cm³/mol. The van der Waals surface area contributed by atoms with Gasteiger partial charge in [-0.1, -0.05) is 18.2 Å². The fourth-order valence-electron chi connectivity index (χ4n) is 1.66. The Bertz CT molecular complexity index is 623. The van der Waals surface area contributed by atoms with E-state index < -0.39 is 18.6 Å². The van der Waals surface area contributed by atoms with Gasteiger partial charge in [0.1, 0.15) is 12.3 Å². The second-order valence-corrected chi connectivity index (χ2v) is 4.14. The molecule has 0 saturated heterocycles. The van der Waals surface area contributed by atoms with Gasteiger partial charge in [0.25, 0.3) is 5.91 Å². The van der Waals surface area contributed by atoms with Gasteiger partial charge in [-0.05, 0) is 12.1 Å². The Morgan fingerprint density at radius 2 is 2.10 bits per heavy atom. The summed E-state index contributed by atoms with van der Waals surface area (Å²) in [6.07, 6.45) is 1.11. The normalized spacial score (nSPS) is 11.7. The van der Waals surface area contributed by atoms with Crippen LogP contribution < -0.4 is 5.32 Å². The monoisotopic (exact) mass is 290 g/mol. The van der Waals surface area contributed by atoms with E-state index in [9.17, 15) is 14.7 Å². The van der Waals surface area contributed by atoms with Gasteiger partial charge in [0.15, 0.2) is 5.69 Å². The molecule has 0 spiro atoms. The lowest BCUT2D eigenvalue weighted by molar-refractivity contribution is 0.0594. The summed E-state index contributed by atoms with van der Waals surface area (Å²) in [6, 6.07) is 7.67. The van der Waals surface area contributed by atoms with Gasteiger partial charge >= 0.3 is 5.97 Å². The topological polar surface area (TPSA) is 102 Å². The maximum atomic E-state index is 12.0. The number of hydrogen-bond acceptors (Lipinski definition) is 6. The zero-order chi connectivity index (χ0) is 15.2. The maximum Gasteiger partial charge on any atom is 0.360 e. The summed E-state index contributed by atoms with van der Waals surface area (Å²) in [6.45, 7) is -0.417. The molecular formula is C14H14N2O5. The SMILES string of the molecule is COC(=O)c1coc(C(CO)NC(=O)c2ccccc2)n1. The summed E-state index contributed by atoms with van der Waals surface area (Å²) < 4.78 is 9.59. The van der Waals surface area contributed by atoms with E-state index in [1.165, 1.54) is 7.11 Å². The lowest BCUT2D eigenvalue weighted by atomic mass is 10.2. The third kappa shape index (κ3) is 3.46. The van der Waals surface area contributed by atoms with Crippen LogP contribution in [-0.2, 0) is 4.74 Å². The molecule has 0 aliphatic carbocycles. The number of aliphatic hydroxyl groups excluding tert-OH is 1. The van der Waals surface area contributed by atoms with Crippen LogP contribution in [0.2, 0.25) is 0 Å². The van der Waals surface area contributed by atoms with E-state index in [-0.39, 0.29) is 17.5 Å². The molecule has 0 fully saturated rings. The average molecular weight is 290 g/mol. The van der Waals surface area contributed by atoms with Crippen LogP contribution in [0.5, 0.6) is 0 Å². The Kier molecular flexibility index (Phi) is 4.68. The van der Waals surface area contributed by atoms with E-state index in [2.05, 4.69) is 15.0 Å². The number of amides is 1. The number of aliphatic hydroxyl groups is 1. The summed E-state index contributed by atoms with van der Waals surface area (Å²) in [5.74, 6) is -1.01. The molecule has 1 amide bonds. The van der Waals surface area contributed by atoms with Crippen LogP contribution in [0.1, 0.15) is 32.8 Å². The number of esters is 1. The van der Waals surface area contributed by atoms with Crippen LogP contribution in [0.4, 0.5) is 0 Å². The maximum absolute atomic E-state index is 12.0. The molecule has 0 aliphatic heterocycles. The summed E-state index contributed by atoms with van der Waals surface area (Å²) in [5.41, 5.74) is 0.413. The number of hydrogen-bond donors (Lipinski definition) is 2. The van der Waals surface area contributed by atoms with Crippen LogP contribution in [0, 0.1) is 0 Å². The van der Waals surface area contributed by atoms with Gasteiger partial charge in [-0.2, -0.15) is 0 Å². The van der Waals surface area contributed by atoms with Crippen molar-refractivity contribution in [2.45, 2.75) is 6.04 Å². The quantitative estimate of drug-likeness (QED) is 0.794. The molecular weight excluding hydrogens is 276 g/mol. The number of benzene rings is 1. The molecule has 21 heavy (non-hydrogen) atoms. The third-order valence-electron chi connectivity index (χ3n) is 2.74. The highest BCUT2D eigenvalue weighted by Crippen LogP contribution is 2.14. The number of carbonyl (C=O) groups excluding carboxylic acids is 2. The molecule has 1 atom stereocenters. The highest BCUT2D eigenvalue weighted by molar-refractivity contribution is 5.94. The lowest BCUT2D eigenvalue weighted by Crippen LogP contribution is -2.31. The summed E-state index contributed by atoms with van der Waals surface area (Å²) in [4.78, 5) is 27.2. The van der Waals surface area contributed by atoms with Crippen molar-refractivity contribution in [2.24, 2.45) is 0 Å². The van der Waals surface area contributed by atoms with Crippen molar-refractivity contribution in [1.29, 1.82) is 0 Å². The molecule has 0 radical (unpaired) electrons. The largest absolute Gasteiger partial charge is 0.464 e. The Hall–Kier alpha value is -2.67. The lowest BCUT2D eigenvalue weighted by Gasteiger charge is -2.12. The van der Waals surface area contributed by atoms with E-state index in [1.807, 2.05) is 0 Å². The zero-order valence-electron chi connectivity index (χ0n) is 11.3. The van der Waals surface area contributed by atoms with Crippen LogP contribution >= 0.6 is 0 Å². The van der Waals surface area contributed by atoms with E-state index in [0.29, 0.717) is 5.56 Å². The molecule has 2 N–H and O–H groups in total. The zero-order valence-corrected chi connectivity index (χ0v) is 11.3. The van der Waals surface area contributed by atoms with Gasteiger partial charge in [-0.25, -0.2) is 9.78 Å². The molecule has 7 heteroatoms. The first-order valence-electron chi connectivity index (χ1n) is 6.16. The van der Waals surface area contributed by atoms with Crippen molar-refractivity contribution in [1.82, 2.24) is 10.3 Å². The highest BCUT2D eigenvalue weighted by Gasteiger charge is 2.22. The van der Waals surface area contributed by atoms with Gasteiger partial charge < -0.3 is 19.6 Å². The molecule has 1 aromatic heterocycles. The number of nitrogens with one attached hydrogen (secondary N) is 1. The second-order valence-electron chi connectivity index (χ2n) is 4.14. The average Bonchev–Trinajstić information content (AvgIpc) is 3.02. The molecule has 2 rings (SSSR count). The molecule has 110 valence electrons. The summed E-state index contributed by atoms with van der Waals surface area (Å²) >= 11 is 0. The molecule has 1 unspecified atom stereocenters. The predicted octanol–water partition coefficient (Wildman–Crippen LogP) is 0.925. The number of oxazole rings is 1. The summed E-state index contributed by atoms with van der Waals surface area (Å²) in [5, 5.41) is 11.9. The molecule has 0 bridgehead atoms. The van der Waals surface area contributed by atoms with E-state index >= 15 is 0 Å². The van der Waals surface area contributed by atoms with Gasteiger partial charge in [-0.15, -0.1) is 0 Å². The van der Waals surface area contributed by atoms with Crippen molar-refractivity contribution >= 4 is 11.9 Å². The Morgan fingerprint density at radius 3 is 2.71 bits per heavy atom. The molecule has 1 heterocycles. The second kappa shape index (κ2) is 6.67. The number of carbonyl (C=O) groups is 2. The molecule has 1 aromatic carbocycles. The van der Waals surface area contributed by atoms with Gasteiger partial charge in [0.2, 0.25) is 5.89 Å². The first kappa shape index (κ1) is 14.7. The fraction of sp³-hybridized carbons (Fsp3) is 0.214. The Balaban J connectivity index is 2.11. The number of methoxy groups -OCH3 is 1. The molecule has 0 saturated carbocycles. The van der Waals surface area contributed by atoms with Gasteiger partial charge in [0.05, 0.1) is 13.7 Å². The van der Waals surface area contributed by atoms with Crippen molar-refractivity contribution in [3.05, 3.63) is 53.7 Å². The minimum Gasteiger partial charge on any atom is -0.464 e. The third-order valence-corrected chi connectivity index (χ3v) is 2.74. The molecule has 7 nitrogen and oxygen atoms in total. The van der Waals surface area contributed by atoms with Crippen molar-refractivity contribution < 1.29 is 23.8 Å². The first-order chi connectivity index (χ1) is 10.2. The Morgan fingerprint density at radius 1 is 1.38 bits per heavy atom. The van der Waals surface area contributed by atoms with Gasteiger partial charge in [-0.3, -0.25) is 4.79 Å². The van der Waals surface area contributed by atoms with E-state index in [4.69, 9.17) is 4.42 Å². The minimum atomic E-state index is -0.851. The minimum absolute atomic E-state index is 0.0279. The van der Waals surface area contributed by atoms with Crippen LogP contribution in [-0.4, -0.2) is 35.7 Å². The summed E-state index contributed by atoms with van der Waals surface area (Å²) in [7, 11) is 1.22. The van der Waals surface area contributed by atoms with Crippen LogP contribution in [0.15, 0.2) is 41.0 Å². The number of ether oxygens (including phenoxy) is 1. The van der Waals surface area contributed by atoms with Crippen molar-refractivity contribution in [3.8, 4) is 0 Å². The molecule has 0 aliphatic rings. The van der Waals surface area contributed by atoms with Gasteiger partial charge in [0, 0.05) is 5.56 Å². The van der Waals surface area contributed by atoms with Crippen LogP contribution in [0.3, 0.4) is 0 Å². The van der Waals surface area contributed by atoms with E-state index in [0.717, 1.165) is 6.26 Å². The van der Waals surface area contributed by atoms with Crippen molar-refractivity contribution in [3.63, 3.8) is 0 Å². The van der Waals surface area contributed by atoms with Crippen LogP contribution in [0.25, 0.3) is 0 Å². The molecule has 2 aromatic rings. The highest BCUT2D eigenvalue weighted by atomic mass is 16.5. The van der Waals surface area contributed by atoms with E-state index in [1.54, 1.807) is 30.3 Å². The first-order valence-corrected chi connectivity index (χ1v) is 6.16. The van der Waals surface area contributed by atoms with Crippen molar-refractivity contribution in [2.75, 3.05) is 13.7 Å². The standard InChI is InChI=1S/C14H14N2O5/c1-20-14(19)11-8-21-13(16-11)10(7-17)15-12(18)9-5-3-2-4-6-9/h2-6,8,10,17H,7H2,1H3,(H,15,18). The smallest absolute Gasteiger partial charge is 0.360 e. The number of nitrogens with zero attached hydrogens (tertiary/aromatic N) is 1.